The first-order chi connectivity index (χ1) is 14.6. The maximum atomic E-state index is 6.55. The number of halogens is 3. The molecule has 2 nitrogen and oxygen atoms in total. The van der Waals surface area contributed by atoms with Crippen LogP contribution in [0.2, 0.25) is 15.1 Å². The van der Waals surface area contributed by atoms with Crippen LogP contribution in [0, 0.1) is 0 Å². The maximum absolute atomic E-state index is 6.55. The molecule has 1 aliphatic rings. The van der Waals surface area contributed by atoms with Crippen molar-refractivity contribution in [1.82, 2.24) is 4.31 Å². The van der Waals surface area contributed by atoms with Crippen LogP contribution in [-0.4, -0.2) is 23.9 Å². The Morgan fingerprint density at radius 1 is 0.833 bits per heavy atom. The Kier molecular flexibility index (Phi) is 7.29. The molecule has 0 bridgehead atoms. The normalized spacial score (nSPS) is 17.6. The number of rotatable bonds is 5. The zero-order valence-electron chi connectivity index (χ0n) is 16.2. The zero-order chi connectivity index (χ0) is 20.9. The minimum absolute atomic E-state index is 0.160. The second-order valence-corrected chi connectivity index (χ2v) is 9.34. The van der Waals surface area contributed by atoms with Crippen molar-refractivity contribution in [3.63, 3.8) is 0 Å². The van der Waals surface area contributed by atoms with Gasteiger partial charge in [0, 0.05) is 29.7 Å². The molecular formula is C24H21Cl3N2S. The summed E-state index contributed by atoms with van der Waals surface area (Å²) in [6.45, 7) is 2.65. The van der Waals surface area contributed by atoms with Crippen LogP contribution in [0.4, 0.5) is 5.69 Å². The van der Waals surface area contributed by atoms with Crippen LogP contribution < -0.4 is 4.90 Å². The fourth-order valence-corrected chi connectivity index (χ4v) is 5.03. The van der Waals surface area contributed by atoms with Gasteiger partial charge in [-0.2, -0.15) is 0 Å². The van der Waals surface area contributed by atoms with Crippen LogP contribution in [0.25, 0.3) is 6.08 Å². The highest BCUT2D eigenvalue weighted by Gasteiger charge is 2.29. The summed E-state index contributed by atoms with van der Waals surface area (Å²) in [5, 5.41) is 4.21. The van der Waals surface area contributed by atoms with E-state index < -0.39 is 0 Å². The first-order valence-corrected chi connectivity index (χ1v) is 11.7. The molecule has 1 saturated heterocycles. The van der Waals surface area contributed by atoms with Crippen LogP contribution in [0.5, 0.6) is 0 Å². The summed E-state index contributed by atoms with van der Waals surface area (Å²) in [6.07, 6.45) is 2.14. The van der Waals surface area contributed by atoms with Gasteiger partial charge in [0.1, 0.15) is 0 Å². The van der Waals surface area contributed by atoms with E-state index in [0.717, 1.165) is 30.3 Å². The van der Waals surface area contributed by atoms with Crippen molar-refractivity contribution < 1.29 is 0 Å². The van der Waals surface area contributed by atoms with Gasteiger partial charge < -0.3 is 4.90 Å². The van der Waals surface area contributed by atoms with Gasteiger partial charge in [-0.25, -0.2) is 4.31 Å². The first kappa shape index (κ1) is 21.6. The van der Waals surface area contributed by atoms with Crippen molar-refractivity contribution in [2.45, 2.75) is 6.04 Å². The van der Waals surface area contributed by atoms with E-state index in [1.165, 1.54) is 11.1 Å². The molecular weight excluding hydrogens is 455 g/mol. The second-order valence-electron chi connectivity index (χ2n) is 7.06. The molecule has 6 heteroatoms. The minimum Gasteiger partial charge on any atom is -0.361 e. The third-order valence-corrected chi connectivity index (χ3v) is 6.76. The Morgan fingerprint density at radius 3 is 2.30 bits per heavy atom. The molecule has 1 aliphatic heterocycles. The monoisotopic (exact) mass is 474 g/mol. The molecule has 1 heterocycles. The Morgan fingerprint density at radius 2 is 1.57 bits per heavy atom. The predicted molar refractivity (Wildman–Crippen MR) is 133 cm³/mol. The van der Waals surface area contributed by atoms with Crippen molar-refractivity contribution >= 4 is 58.5 Å². The van der Waals surface area contributed by atoms with Crippen LogP contribution >= 0.6 is 46.8 Å². The molecule has 0 aromatic heterocycles. The summed E-state index contributed by atoms with van der Waals surface area (Å²) in [7, 11) is 0. The van der Waals surface area contributed by atoms with E-state index in [9.17, 15) is 0 Å². The van der Waals surface area contributed by atoms with Gasteiger partial charge in [-0.3, -0.25) is 0 Å². The largest absolute Gasteiger partial charge is 0.361 e. The molecule has 1 unspecified atom stereocenters. The molecule has 0 spiro atoms. The molecule has 0 radical (unpaired) electrons. The van der Waals surface area contributed by atoms with Gasteiger partial charge in [0.25, 0.3) is 0 Å². The highest BCUT2D eigenvalue weighted by Crippen LogP contribution is 2.38. The molecule has 3 aromatic rings. The van der Waals surface area contributed by atoms with Crippen molar-refractivity contribution in [3.8, 4) is 0 Å². The maximum Gasteiger partial charge on any atom is 0.0680 e. The molecule has 0 N–H and O–H groups in total. The van der Waals surface area contributed by atoms with Gasteiger partial charge in [-0.15, -0.1) is 0 Å². The molecule has 0 saturated carbocycles. The van der Waals surface area contributed by atoms with E-state index >= 15 is 0 Å². The molecule has 0 aliphatic carbocycles. The van der Waals surface area contributed by atoms with Gasteiger partial charge in [0.15, 0.2) is 0 Å². The lowest BCUT2D eigenvalue weighted by Gasteiger charge is -2.42. The number of benzene rings is 3. The quantitative estimate of drug-likeness (QED) is 0.347. The van der Waals surface area contributed by atoms with E-state index in [1.54, 1.807) is 18.0 Å². The van der Waals surface area contributed by atoms with Crippen molar-refractivity contribution in [2.24, 2.45) is 0 Å². The number of nitrogens with zero attached hydrogens (tertiary/aromatic N) is 2. The molecule has 1 fully saturated rings. The lowest BCUT2D eigenvalue weighted by atomic mass is 10.0. The standard InChI is InChI=1S/C24H21Cl3N2S/c25-20-8-6-19(7-9-20)24-17-28(30-15-12-18-4-2-1-3-5-18)13-14-29(24)23-11-10-21(26)16-22(23)27/h1-12,15-16,24H,13-14,17H2/b15-12+. The first-order valence-electron chi connectivity index (χ1n) is 9.70. The van der Waals surface area contributed by atoms with Crippen LogP contribution in [0.1, 0.15) is 17.2 Å². The smallest absolute Gasteiger partial charge is 0.0680 e. The Hall–Kier alpha value is -1.62. The average Bonchev–Trinajstić information content (AvgIpc) is 2.75. The highest BCUT2D eigenvalue weighted by molar-refractivity contribution is 8.00. The second kappa shape index (κ2) is 10.1. The number of anilines is 1. The molecule has 4 rings (SSSR count). The molecule has 30 heavy (non-hydrogen) atoms. The Balaban J connectivity index is 1.55. The van der Waals surface area contributed by atoms with Gasteiger partial charge in [-0.1, -0.05) is 89.2 Å². The lowest BCUT2D eigenvalue weighted by Crippen LogP contribution is -2.46. The number of piperazine rings is 1. The van der Waals surface area contributed by atoms with E-state index in [1.807, 2.05) is 30.3 Å². The van der Waals surface area contributed by atoms with E-state index in [2.05, 4.69) is 57.1 Å². The van der Waals surface area contributed by atoms with E-state index in [-0.39, 0.29) is 6.04 Å². The summed E-state index contributed by atoms with van der Waals surface area (Å²) >= 11 is 20.5. The zero-order valence-corrected chi connectivity index (χ0v) is 19.3. The topological polar surface area (TPSA) is 6.48 Å². The summed E-state index contributed by atoms with van der Waals surface area (Å²) in [4.78, 5) is 2.36. The molecule has 3 aromatic carbocycles. The fraction of sp³-hybridized carbons (Fsp3) is 0.167. The van der Waals surface area contributed by atoms with E-state index in [4.69, 9.17) is 34.8 Å². The number of hydrogen-bond donors (Lipinski definition) is 0. The highest BCUT2D eigenvalue weighted by atomic mass is 35.5. The van der Waals surface area contributed by atoms with Crippen molar-refractivity contribution in [2.75, 3.05) is 24.5 Å². The third kappa shape index (κ3) is 5.35. The van der Waals surface area contributed by atoms with Crippen LogP contribution in [-0.2, 0) is 0 Å². The average molecular weight is 476 g/mol. The molecule has 0 amide bonds. The van der Waals surface area contributed by atoms with Crippen molar-refractivity contribution in [1.29, 1.82) is 0 Å². The summed E-state index contributed by atoms with van der Waals surface area (Å²) < 4.78 is 2.39. The van der Waals surface area contributed by atoms with Crippen molar-refractivity contribution in [3.05, 3.63) is 104 Å². The Labute approximate surface area is 197 Å². The molecule has 154 valence electrons. The SMILES string of the molecule is Clc1ccc(C2CN(S/C=C/c3ccccc3)CCN2c2ccc(Cl)cc2Cl)cc1. The van der Waals surface area contributed by atoms with Crippen LogP contribution in [0.15, 0.2) is 78.2 Å². The van der Waals surface area contributed by atoms with E-state index in [0.29, 0.717) is 10.0 Å². The predicted octanol–water partition coefficient (Wildman–Crippen LogP) is 7.83. The van der Waals surface area contributed by atoms with Crippen LogP contribution in [0.3, 0.4) is 0 Å². The third-order valence-electron chi connectivity index (χ3n) is 5.09. The Bertz CT molecular complexity index is 1010. The number of hydrogen-bond acceptors (Lipinski definition) is 3. The van der Waals surface area contributed by atoms with Gasteiger partial charge in [0.2, 0.25) is 0 Å². The summed E-state index contributed by atoms with van der Waals surface area (Å²) in [5.74, 6) is 0. The van der Waals surface area contributed by atoms with Gasteiger partial charge >= 0.3 is 0 Å². The summed E-state index contributed by atoms with van der Waals surface area (Å²) in [5.41, 5.74) is 3.42. The molecule has 1 atom stereocenters. The lowest BCUT2D eigenvalue weighted by molar-refractivity contribution is 0.367. The fourth-order valence-electron chi connectivity index (χ4n) is 3.59. The summed E-state index contributed by atoms with van der Waals surface area (Å²) in [6, 6.07) is 24.3. The minimum atomic E-state index is 0.160. The van der Waals surface area contributed by atoms with Gasteiger partial charge in [-0.05, 0) is 52.9 Å². The van der Waals surface area contributed by atoms with Gasteiger partial charge in [0.05, 0.1) is 16.8 Å².